The van der Waals surface area contributed by atoms with E-state index in [0.717, 1.165) is 86.5 Å². The smallest absolute Gasteiger partial charge is 0.365 e. The number of ether oxygens (including phenoxy) is 4. The maximum atomic E-state index is 12.1. The van der Waals surface area contributed by atoms with Crippen LogP contribution < -0.4 is 19.1 Å². The molecule has 12 nitrogen and oxygen atoms in total. The number of aromatic carboxylic acids is 1. The third-order valence-electron chi connectivity index (χ3n) is 8.72. The van der Waals surface area contributed by atoms with Crippen LogP contribution in [0.1, 0.15) is 104 Å². The van der Waals surface area contributed by atoms with Crippen molar-refractivity contribution in [3.8, 4) is 23.0 Å². The summed E-state index contributed by atoms with van der Waals surface area (Å²) in [6, 6.07) is 16.4. The number of hydrogen-bond donors (Lipinski definition) is 1. The number of carbonyl (C=O) groups is 3. The highest BCUT2D eigenvalue weighted by atomic mass is 17.2. The Labute approximate surface area is 330 Å². The lowest BCUT2D eigenvalue weighted by atomic mass is 9.96. The maximum absolute atomic E-state index is 12.1. The van der Waals surface area contributed by atoms with Crippen molar-refractivity contribution in [1.82, 2.24) is 0 Å². The molecule has 304 valence electrons. The number of hydrogen-bond acceptors (Lipinski definition) is 11. The Morgan fingerprint density at radius 2 is 1.21 bits per heavy atom. The Morgan fingerprint density at radius 1 is 0.607 bits per heavy atom. The van der Waals surface area contributed by atoms with Crippen LogP contribution in [0, 0.1) is 0 Å². The van der Waals surface area contributed by atoms with Crippen molar-refractivity contribution in [1.29, 1.82) is 0 Å². The van der Waals surface area contributed by atoms with Crippen LogP contribution in [0.5, 0.6) is 23.0 Å². The van der Waals surface area contributed by atoms with Gasteiger partial charge in [0.25, 0.3) is 0 Å². The number of rotatable bonds is 28. The average molecular weight is 777 g/mol. The van der Waals surface area contributed by atoms with E-state index in [9.17, 15) is 19.5 Å². The van der Waals surface area contributed by atoms with Gasteiger partial charge in [-0.3, -0.25) is 4.89 Å². The van der Waals surface area contributed by atoms with Gasteiger partial charge in [-0.05, 0) is 110 Å². The molecule has 3 aromatic carbocycles. The van der Waals surface area contributed by atoms with Crippen molar-refractivity contribution in [3.63, 3.8) is 0 Å². The van der Waals surface area contributed by atoms with Gasteiger partial charge >= 0.3 is 17.9 Å². The number of methoxy groups -OCH3 is 3. The number of carboxylic acid groups (broad SMARTS) is 1. The zero-order valence-corrected chi connectivity index (χ0v) is 33.1. The van der Waals surface area contributed by atoms with Crippen molar-refractivity contribution in [2.45, 2.75) is 84.0 Å². The molecule has 56 heavy (non-hydrogen) atoms. The predicted octanol–water partition coefficient (Wildman–Crippen LogP) is 9.17. The Hall–Kier alpha value is -5.33. The predicted molar refractivity (Wildman–Crippen MR) is 213 cm³/mol. The molecule has 0 saturated heterocycles. The minimum atomic E-state index is -0.917. The first kappa shape index (κ1) is 45.1. The van der Waals surface area contributed by atoms with Crippen LogP contribution in [-0.2, 0) is 41.8 Å². The summed E-state index contributed by atoms with van der Waals surface area (Å²) in [4.78, 5) is 56.2. The monoisotopic (exact) mass is 776 g/mol. The first-order chi connectivity index (χ1) is 27.3. The zero-order chi connectivity index (χ0) is 40.4. The van der Waals surface area contributed by atoms with E-state index in [2.05, 4.69) is 11.7 Å². The van der Waals surface area contributed by atoms with Gasteiger partial charge in [0.05, 0.1) is 46.7 Å². The fourth-order valence-corrected chi connectivity index (χ4v) is 5.59. The molecule has 0 aliphatic carbocycles. The largest absolute Gasteiger partial charge is 0.493 e. The molecular weight excluding hydrogens is 720 g/mol. The van der Waals surface area contributed by atoms with Crippen molar-refractivity contribution in [2.24, 2.45) is 0 Å². The van der Waals surface area contributed by atoms with Crippen LogP contribution in [0.3, 0.4) is 0 Å². The molecule has 1 N–H and O–H groups in total. The van der Waals surface area contributed by atoms with Gasteiger partial charge in [0.15, 0.2) is 17.2 Å². The van der Waals surface area contributed by atoms with Gasteiger partial charge in [0, 0.05) is 12.2 Å². The van der Waals surface area contributed by atoms with E-state index in [1.54, 1.807) is 49.6 Å². The van der Waals surface area contributed by atoms with E-state index in [1.807, 2.05) is 24.3 Å². The molecular formula is C44H56O12. The summed E-state index contributed by atoms with van der Waals surface area (Å²) in [6.07, 6.45) is 16.3. The van der Waals surface area contributed by atoms with Gasteiger partial charge in [0.2, 0.25) is 5.75 Å². The number of aryl methyl sites for hydroxylation is 2. The Balaban J connectivity index is 1.26. The SMILES string of the molecule is CCCCOc1ccc(C=CC(=O)OOCCCCCCc2ccc(CCCCCCOOc3ccc(C=CC(=O)OC)cc3OC)cc2C(=O)O)cc1OC. The highest BCUT2D eigenvalue weighted by Gasteiger charge is 2.12. The third kappa shape index (κ3) is 17.0. The second-order valence-corrected chi connectivity index (χ2v) is 13.0. The summed E-state index contributed by atoms with van der Waals surface area (Å²) >= 11 is 0. The number of carbonyl (C=O) groups excluding carboxylic acids is 2. The van der Waals surface area contributed by atoms with Crippen molar-refractivity contribution >= 4 is 30.1 Å². The van der Waals surface area contributed by atoms with E-state index in [0.29, 0.717) is 54.6 Å². The molecule has 0 saturated carbocycles. The van der Waals surface area contributed by atoms with Gasteiger partial charge in [-0.1, -0.05) is 63.3 Å². The lowest BCUT2D eigenvalue weighted by Gasteiger charge is -2.10. The van der Waals surface area contributed by atoms with E-state index in [1.165, 1.54) is 26.4 Å². The second kappa shape index (κ2) is 26.5. The molecule has 0 amide bonds. The first-order valence-electron chi connectivity index (χ1n) is 19.2. The number of carboxylic acids is 1. The van der Waals surface area contributed by atoms with Crippen LogP contribution in [0.15, 0.2) is 66.7 Å². The summed E-state index contributed by atoms with van der Waals surface area (Å²) < 4.78 is 21.1. The highest BCUT2D eigenvalue weighted by Crippen LogP contribution is 2.30. The summed E-state index contributed by atoms with van der Waals surface area (Å²) in [5, 5.41) is 9.86. The maximum Gasteiger partial charge on any atom is 0.365 e. The fraction of sp³-hybridized carbons (Fsp3) is 0.432. The molecule has 3 rings (SSSR count). The zero-order valence-electron chi connectivity index (χ0n) is 33.1. The Bertz CT molecular complexity index is 1710. The summed E-state index contributed by atoms with van der Waals surface area (Å²) in [7, 11) is 4.42. The number of esters is 1. The van der Waals surface area contributed by atoms with E-state index >= 15 is 0 Å². The van der Waals surface area contributed by atoms with Gasteiger partial charge in [-0.15, -0.1) is 0 Å². The van der Waals surface area contributed by atoms with E-state index in [-0.39, 0.29) is 6.61 Å². The molecule has 0 aliphatic heterocycles. The molecule has 0 unspecified atom stereocenters. The molecule has 3 aromatic rings. The van der Waals surface area contributed by atoms with Crippen LogP contribution in [0.4, 0.5) is 0 Å². The normalized spacial score (nSPS) is 11.1. The standard InChI is InChI=1S/C44H56O12/c1-5-6-27-52-38-23-18-34(31-40(38)49-2)21-26-43(46)56-54-29-14-10-8-12-16-36-22-17-33(30-37(36)44(47)48)15-11-7-9-13-28-53-55-39-24-19-35(32-41(39)50-3)20-25-42(45)51-4/h17-26,30-32H,5-16,27-29H2,1-4H3,(H,47,48). The van der Waals surface area contributed by atoms with E-state index < -0.39 is 17.9 Å². The van der Waals surface area contributed by atoms with Gasteiger partial charge in [0.1, 0.15) is 0 Å². The van der Waals surface area contributed by atoms with Gasteiger partial charge in [-0.2, -0.15) is 9.78 Å². The van der Waals surface area contributed by atoms with Crippen molar-refractivity contribution < 1.29 is 58.0 Å². The molecule has 0 bridgehead atoms. The molecule has 12 heteroatoms. The Kier molecular flexibility index (Phi) is 21.3. The van der Waals surface area contributed by atoms with Crippen molar-refractivity contribution in [2.75, 3.05) is 41.2 Å². The quantitative estimate of drug-likeness (QED) is 0.0247. The molecule has 0 fully saturated rings. The van der Waals surface area contributed by atoms with Crippen LogP contribution in [-0.4, -0.2) is 64.2 Å². The molecule has 0 atom stereocenters. The summed E-state index contributed by atoms with van der Waals surface area (Å²) in [5.74, 6) is 0.190. The minimum absolute atomic E-state index is 0.275. The fourth-order valence-electron chi connectivity index (χ4n) is 5.59. The topological polar surface area (TPSA) is 145 Å². The lowest BCUT2D eigenvalue weighted by Crippen LogP contribution is -2.05. The molecule has 0 aliphatic rings. The van der Waals surface area contributed by atoms with Crippen molar-refractivity contribution in [3.05, 3.63) is 94.6 Å². The first-order valence-corrected chi connectivity index (χ1v) is 19.2. The lowest BCUT2D eigenvalue weighted by molar-refractivity contribution is -0.267. The van der Waals surface area contributed by atoms with Gasteiger partial charge in [-0.25, -0.2) is 14.4 Å². The van der Waals surface area contributed by atoms with Gasteiger partial charge < -0.3 is 28.9 Å². The molecule has 0 heterocycles. The number of unbranched alkanes of at least 4 members (excludes halogenated alkanes) is 7. The second-order valence-electron chi connectivity index (χ2n) is 13.0. The van der Waals surface area contributed by atoms with E-state index in [4.69, 9.17) is 33.8 Å². The highest BCUT2D eigenvalue weighted by molar-refractivity contribution is 5.89. The molecule has 0 spiro atoms. The Morgan fingerprint density at radius 3 is 1.86 bits per heavy atom. The average Bonchev–Trinajstić information content (AvgIpc) is 3.21. The van der Waals surface area contributed by atoms with Crippen LogP contribution >= 0.6 is 0 Å². The van der Waals surface area contributed by atoms with Crippen LogP contribution in [0.2, 0.25) is 0 Å². The van der Waals surface area contributed by atoms with Crippen LogP contribution in [0.25, 0.3) is 12.2 Å². The molecule has 0 radical (unpaired) electrons. The summed E-state index contributed by atoms with van der Waals surface area (Å²) in [5.41, 5.74) is 3.71. The minimum Gasteiger partial charge on any atom is -0.493 e. The third-order valence-corrected chi connectivity index (χ3v) is 8.72. The molecule has 0 aromatic heterocycles. The summed E-state index contributed by atoms with van der Waals surface area (Å²) in [6.45, 7) is 3.40. The number of benzene rings is 3.